The molecule has 0 atom stereocenters. The van der Waals surface area contributed by atoms with Crippen molar-refractivity contribution in [3.8, 4) is 0 Å². The minimum absolute atomic E-state index is 0.214. The number of carbonyl (C=O) groups is 1. The summed E-state index contributed by atoms with van der Waals surface area (Å²) >= 11 is 10.3. The Balaban J connectivity index is 2.93. The molecule has 0 fully saturated rings. The molecule has 0 spiro atoms. The van der Waals surface area contributed by atoms with Gasteiger partial charge in [-0.15, -0.1) is 0 Å². The zero-order valence-corrected chi connectivity index (χ0v) is 13.4. The Morgan fingerprint density at radius 2 is 2.08 bits per heavy atom. The Morgan fingerprint density at radius 1 is 1.46 bits per heavy atom. The van der Waals surface area contributed by atoms with E-state index in [1.165, 1.54) is 7.11 Å². The number of hydrogen-bond donors (Lipinski definition) is 0. The van der Waals surface area contributed by atoms with Gasteiger partial charge in [0.05, 0.1) is 0 Å². The number of halogens is 3. The van der Waals surface area contributed by atoms with E-state index in [0.717, 1.165) is 4.59 Å². The first-order valence-electron chi connectivity index (χ1n) is 3.20. The van der Waals surface area contributed by atoms with Crippen molar-refractivity contribution in [1.29, 1.82) is 0 Å². The van der Waals surface area contributed by atoms with Crippen molar-refractivity contribution in [3.05, 3.63) is 17.9 Å². The molecule has 1 heterocycles. The normalized spacial score (nSPS) is 11.4. The Labute approximate surface area is 98.4 Å². The molecule has 0 bridgehead atoms. The summed E-state index contributed by atoms with van der Waals surface area (Å²) in [7, 11) is -1.17. The number of esters is 1. The molecule has 13 heavy (non-hydrogen) atoms. The molecule has 0 aliphatic carbocycles. The molecule has 1 aromatic heterocycles. The molecule has 0 aliphatic rings. The third-order valence-corrected chi connectivity index (χ3v) is 9.10. The van der Waals surface area contributed by atoms with Gasteiger partial charge in [-0.2, -0.15) is 0 Å². The maximum atomic E-state index is 11.0. The van der Waals surface area contributed by atoms with Crippen molar-refractivity contribution in [2.75, 3.05) is 7.11 Å². The molecule has 0 amide bonds. The van der Waals surface area contributed by atoms with Gasteiger partial charge in [-0.3, -0.25) is 0 Å². The van der Waals surface area contributed by atoms with Crippen LogP contribution in [0.15, 0.2) is 16.5 Å². The molecule has 1 aromatic rings. The van der Waals surface area contributed by atoms with E-state index in [1.54, 1.807) is 12.1 Å². The van der Waals surface area contributed by atoms with Crippen molar-refractivity contribution < 1.29 is 13.9 Å². The second-order valence-electron chi connectivity index (χ2n) is 2.15. The van der Waals surface area contributed by atoms with E-state index in [1.807, 2.05) is 0 Å². The number of rotatable bonds is 2. The summed E-state index contributed by atoms with van der Waals surface area (Å²) in [5.41, 5.74) is 0. The third-order valence-electron chi connectivity index (χ3n) is 1.27. The van der Waals surface area contributed by atoms with Crippen molar-refractivity contribution >= 4 is 60.3 Å². The first kappa shape index (κ1) is 11.8. The Bertz CT molecular complexity index is 317. The summed E-state index contributed by atoms with van der Waals surface area (Å²) in [6.45, 7) is 0. The number of ether oxygens (including phenoxy) is 1. The fourth-order valence-corrected chi connectivity index (χ4v) is 5.07. The number of methoxy groups -OCH3 is 1. The van der Waals surface area contributed by atoms with E-state index in [4.69, 9.17) is 4.42 Å². The molecule has 0 aliphatic heterocycles. The van der Waals surface area contributed by atoms with Crippen LogP contribution in [0.1, 0.15) is 10.6 Å². The second kappa shape index (κ2) is 4.50. The molecule has 0 N–H and O–H groups in total. The Kier molecular flexibility index (Phi) is 4.09. The van der Waals surface area contributed by atoms with Crippen LogP contribution >= 0.6 is 42.0 Å². The summed E-state index contributed by atoms with van der Waals surface area (Å²) in [5, 5.41) is 0. The first-order valence-corrected chi connectivity index (χ1v) is 19.0. The van der Waals surface area contributed by atoms with Crippen LogP contribution in [-0.4, -0.2) is 20.8 Å². The summed E-state index contributed by atoms with van der Waals surface area (Å²) in [4.78, 5) is 11.0. The zero-order valence-electron chi connectivity index (χ0n) is 6.51. The SMILES string of the molecule is COC(=O)c1cc[c]([Ge]([Br])([Br])[Br])o1. The van der Waals surface area contributed by atoms with Gasteiger partial charge in [-0.25, -0.2) is 0 Å². The summed E-state index contributed by atoms with van der Waals surface area (Å²) in [5.74, 6) is -0.253. The number of carbonyl (C=O) groups excluding carboxylic acids is 1. The van der Waals surface area contributed by atoms with Gasteiger partial charge < -0.3 is 0 Å². The zero-order chi connectivity index (χ0) is 10.1. The average molecular weight is 437 g/mol. The van der Waals surface area contributed by atoms with Crippen molar-refractivity contribution in [3.63, 3.8) is 0 Å². The van der Waals surface area contributed by atoms with E-state index in [0.29, 0.717) is 0 Å². The Morgan fingerprint density at radius 3 is 2.46 bits per heavy atom. The molecule has 0 aromatic carbocycles. The van der Waals surface area contributed by atoms with Crippen LogP contribution in [0.5, 0.6) is 0 Å². The van der Waals surface area contributed by atoms with Crippen LogP contribution < -0.4 is 4.59 Å². The van der Waals surface area contributed by atoms with Gasteiger partial charge in [0.15, 0.2) is 0 Å². The molecular weight excluding hydrogens is 432 g/mol. The number of furan rings is 1. The van der Waals surface area contributed by atoms with Gasteiger partial charge in [0.1, 0.15) is 0 Å². The molecule has 0 saturated heterocycles. The predicted octanol–water partition coefficient (Wildman–Crippen LogP) is 2.40. The van der Waals surface area contributed by atoms with E-state index in [-0.39, 0.29) is 5.76 Å². The summed E-state index contributed by atoms with van der Waals surface area (Å²) in [6.07, 6.45) is 0. The standard InChI is InChI=1S/C6H5Br3GeO3/c1-12-6(11)4-2-3-5(13-4)10(7,8)9/h2-3H,1H3. The molecule has 0 unspecified atom stereocenters. The van der Waals surface area contributed by atoms with Crippen LogP contribution in [0.25, 0.3) is 0 Å². The number of hydrogen-bond acceptors (Lipinski definition) is 3. The van der Waals surface area contributed by atoms with Gasteiger partial charge in [-0.1, -0.05) is 0 Å². The van der Waals surface area contributed by atoms with Gasteiger partial charge in [0, 0.05) is 0 Å². The van der Waals surface area contributed by atoms with Crippen LogP contribution in [0.4, 0.5) is 0 Å². The van der Waals surface area contributed by atoms with E-state index in [9.17, 15) is 4.79 Å². The maximum absolute atomic E-state index is 11.0. The quantitative estimate of drug-likeness (QED) is 0.527. The average Bonchev–Trinajstić information content (AvgIpc) is 2.50. The third kappa shape index (κ3) is 3.11. The monoisotopic (exact) mass is 436 g/mol. The van der Waals surface area contributed by atoms with E-state index >= 15 is 0 Å². The van der Waals surface area contributed by atoms with Crippen molar-refractivity contribution in [1.82, 2.24) is 0 Å². The summed E-state index contributed by atoms with van der Waals surface area (Å²) in [6, 6.07) is 3.33. The van der Waals surface area contributed by atoms with Gasteiger partial charge in [-0.05, 0) is 0 Å². The van der Waals surface area contributed by atoms with Gasteiger partial charge in [0.2, 0.25) is 0 Å². The molecule has 0 saturated carbocycles. The van der Waals surface area contributed by atoms with Crippen LogP contribution in [0.3, 0.4) is 0 Å². The molecule has 3 nitrogen and oxygen atoms in total. The fourth-order valence-electron chi connectivity index (χ4n) is 0.701. The molecular formula is C6H5Br3GeO3. The van der Waals surface area contributed by atoms with Gasteiger partial charge in [0.25, 0.3) is 0 Å². The van der Waals surface area contributed by atoms with Crippen LogP contribution in [-0.2, 0) is 4.74 Å². The van der Waals surface area contributed by atoms with E-state index in [2.05, 4.69) is 46.7 Å². The predicted molar refractivity (Wildman–Crippen MR) is 62.2 cm³/mol. The molecule has 0 radical (unpaired) electrons. The van der Waals surface area contributed by atoms with Crippen molar-refractivity contribution in [2.24, 2.45) is 0 Å². The second-order valence-corrected chi connectivity index (χ2v) is 40.4. The first-order chi connectivity index (χ1) is 5.95. The topological polar surface area (TPSA) is 39.4 Å². The van der Waals surface area contributed by atoms with Crippen LogP contribution in [0, 0.1) is 0 Å². The summed E-state index contributed by atoms with van der Waals surface area (Å²) < 4.78 is 10.5. The van der Waals surface area contributed by atoms with Crippen molar-refractivity contribution in [2.45, 2.75) is 0 Å². The minimum atomic E-state index is -2.49. The Hall–Kier alpha value is 0.733. The van der Waals surface area contributed by atoms with E-state index < -0.39 is 13.7 Å². The van der Waals surface area contributed by atoms with Gasteiger partial charge >= 0.3 is 99.3 Å². The molecule has 7 heteroatoms. The fraction of sp³-hybridized carbons (Fsp3) is 0.167. The molecule has 72 valence electrons. The van der Waals surface area contributed by atoms with Crippen LogP contribution in [0.2, 0.25) is 0 Å². The molecule has 1 rings (SSSR count).